The summed E-state index contributed by atoms with van der Waals surface area (Å²) in [6.07, 6.45) is 0. The van der Waals surface area contributed by atoms with Gasteiger partial charge in [-0.2, -0.15) is 4.98 Å². The van der Waals surface area contributed by atoms with Crippen molar-refractivity contribution in [2.24, 2.45) is 0 Å². The van der Waals surface area contributed by atoms with Crippen molar-refractivity contribution >= 4 is 28.4 Å². The fourth-order valence-electron chi connectivity index (χ4n) is 2.71. The highest BCUT2D eigenvalue weighted by molar-refractivity contribution is 5.90. The largest absolute Gasteiger partial charge is 0.497 e. The average molecular weight is 322 g/mol. The van der Waals surface area contributed by atoms with Gasteiger partial charge in [0, 0.05) is 30.2 Å². The molecule has 0 saturated carbocycles. The molecule has 5 heteroatoms. The summed E-state index contributed by atoms with van der Waals surface area (Å²) >= 11 is 0. The van der Waals surface area contributed by atoms with E-state index in [1.165, 1.54) is 0 Å². The van der Waals surface area contributed by atoms with Gasteiger partial charge >= 0.3 is 0 Å². The van der Waals surface area contributed by atoms with Crippen molar-refractivity contribution in [1.82, 2.24) is 9.97 Å². The quantitative estimate of drug-likeness (QED) is 0.736. The third kappa shape index (κ3) is 3.25. The van der Waals surface area contributed by atoms with Crippen LogP contribution in [0.15, 0.2) is 48.5 Å². The minimum Gasteiger partial charge on any atom is -0.497 e. The van der Waals surface area contributed by atoms with E-state index >= 15 is 0 Å². The molecule has 0 fully saturated rings. The van der Waals surface area contributed by atoms with E-state index in [4.69, 9.17) is 9.72 Å². The van der Waals surface area contributed by atoms with Crippen molar-refractivity contribution in [2.45, 2.75) is 13.8 Å². The lowest BCUT2D eigenvalue weighted by Crippen LogP contribution is -2.23. The smallest absolute Gasteiger partial charge is 0.229 e. The molecule has 0 saturated heterocycles. The van der Waals surface area contributed by atoms with Crippen LogP contribution in [0.1, 0.15) is 13.8 Å². The number of ether oxygens (including phenoxy) is 1. The fourth-order valence-corrected chi connectivity index (χ4v) is 2.71. The van der Waals surface area contributed by atoms with Crippen LogP contribution in [0.5, 0.6) is 5.75 Å². The summed E-state index contributed by atoms with van der Waals surface area (Å²) in [5.74, 6) is 2.34. The van der Waals surface area contributed by atoms with Crippen molar-refractivity contribution in [1.29, 1.82) is 0 Å². The summed E-state index contributed by atoms with van der Waals surface area (Å²) in [5.41, 5.74) is 1.83. The number of anilines is 3. The number of benzene rings is 2. The van der Waals surface area contributed by atoms with E-state index in [-0.39, 0.29) is 0 Å². The third-order valence-electron chi connectivity index (χ3n) is 3.97. The summed E-state index contributed by atoms with van der Waals surface area (Å²) in [5, 5.41) is 4.35. The zero-order valence-electron chi connectivity index (χ0n) is 14.3. The molecule has 1 N–H and O–H groups in total. The molecule has 0 amide bonds. The Morgan fingerprint density at radius 3 is 2.54 bits per heavy atom. The van der Waals surface area contributed by atoms with E-state index in [1.54, 1.807) is 7.11 Å². The van der Waals surface area contributed by atoms with Gasteiger partial charge in [0.2, 0.25) is 5.95 Å². The van der Waals surface area contributed by atoms with Gasteiger partial charge in [0.1, 0.15) is 11.6 Å². The van der Waals surface area contributed by atoms with Crippen molar-refractivity contribution in [3.05, 3.63) is 48.5 Å². The lowest BCUT2D eigenvalue weighted by Gasteiger charge is -2.22. The van der Waals surface area contributed by atoms with Gasteiger partial charge in [-0.15, -0.1) is 0 Å². The van der Waals surface area contributed by atoms with Gasteiger partial charge in [0.05, 0.1) is 12.6 Å². The van der Waals surface area contributed by atoms with E-state index in [0.717, 1.165) is 41.2 Å². The molecular formula is C19H22N4O. The lowest BCUT2D eigenvalue weighted by atomic mass is 10.2. The number of hydrogen-bond donors (Lipinski definition) is 1. The first-order valence-corrected chi connectivity index (χ1v) is 8.18. The minimum atomic E-state index is 0.587. The number of methoxy groups -OCH3 is 1. The number of nitrogens with one attached hydrogen (secondary N) is 1. The molecule has 0 spiro atoms. The molecule has 0 aliphatic heterocycles. The Hall–Kier alpha value is -2.82. The summed E-state index contributed by atoms with van der Waals surface area (Å²) in [7, 11) is 1.66. The van der Waals surface area contributed by atoms with Crippen LogP contribution in [0.3, 0.4) is 0 Å². The van der Waals surface area contributed by atoms with Gasteiger partial charge in [-0.3, -0.25) is 0 Å². The van der Waals surface area contributed by atoms with E-state index < -0.39 is 0 Å². The normalized spacial score (nSPS) is 10.6. The maximum atomic E-state index is 5.27. The van der Waals surface area contributed by atoms with Crippen LogP contribution in [0.4, 0.5) is 17.5 Å². The summed E-state index contributed by atoms with van der Waals surface area (Å²) in [6, 6.07) is 15.8. The standard InChI is InChI=1S/C19H22N4O/c1-4-23(5-2)18-16-11-6-7-12-17(16)21-19(22-18)20-14-9-8-10-15(13-14)24-3/h6-13H,4-5H2,1-3H3,(H,20,21,22). The van der Waals surface area contributed by atoms with Crippen LogP contribution in [0.2, 0.25) is 0 Å². The monoisotopic (exact) mass is 322 g/mol. The van der Waals surface area contributed by atoms with E-state index in [1.807, 2.05) is 42.5 Å². The molecule has 5 nitrogen and oxygen atoms in total. The molecule has 3 aromatic rings. The average Bonchev–Trinajstić information content (AvgIpc) is 2.63. The zero-order chi connectivity index (χ0) is 16.9. The Bertz CT molecular complexity index is 830. The van der Waals surface area contributed by atoms with E-state index in [2.05, 4.69) is 35.1 Å². The maximum Gasteiger partial charge on any atom is 0.229 e. The predicted molar refractivity (Wildman–Crippen MR) is 99.4 cm³/mol. The molecule has 2 aromatic carbocycles. The van der Waals surface area contributed by atoms with Gasteiger partial charge < -0.3 is 15.0 Å². The van der Waals surface area contributed by atoms with Crippen LogP contribution in [-0.4, -0.2) is 30.2 Å². The van der Waals surface area contributed by atoms with Gasteiger partial charge in [-0.05, 0) is 38.1 Å². The van der Waals surface area contributed by atoms with E-state index in [0.29, 0.717) is 5.95 Å². The Kier molecular flexibility index (Phi) is 4.79. The molecule has 0 radical (unpaired) electrons. The van der Waals surface area contributed by atoms with Crippen molar-refractivity contribution in [3.63, 3.8) is 0 Å². The number of para-hydroxylation sites is 1. The van der Waals surface area contributed by atoms with Gasteiger partial charge in [-0.1, -0.05) is 18.2 Å². The first kappa shape index (κ1) is 16.1. The second-order valence-corrected chi connectivity index (χ2v) is 5.42. The van der Waals surface area contributed by atoms with Crippen molar-refractivity contribution in [3.8, 4) is 5.75 Å². The molecule has 0 atom stereocenters. The first-order valence-electron chi connectivity index (χ1n) is 8.18. The molecule has 0 aliphatic carbocycles. The van der Waals surface area contributed by atoms with Crippen LogP contribution >= 0.6 is 0 Å². The first-order chi connectivity index (χ1) is 11.7. The Morgan fingerprint density at radius 1 is 1.00 bits per heavy atom. The summed E-state index contributed by atoms with van der Waals surface area (Å²) < 4.78 is 5.27. The highest BCUT2D eigenvalue weighted by Crippen LogP contribution is 2.27. The summed E-state index contributed by atoms with van der Waals surface area (Å²) in [6.45, 7) is 6.07. The van der Waals surface area contributed by atoms with Crippen LogP contribution in [0, 0.1) is 0 Å². The number of fused-ring (bicyclic) bond motifs is 1. The molecular weight excluding hydrogens is 300 g/mol. The minimum absolute atomic E-state index is 0.587. The molecule has 124 valence electrons. The predicted octanol–water partition coefficient (Wildman–Crippen LogP) is 4.23. The number of hydrogen-bond acceptors (Lipinski definition) is 5. The van der Waals surface area contributed by atoms with Crippen molar-refractivity contribution < 1.29 is 4.74 Å². The van der Waals surface area contributed by atoms with Crippen LogP contribution < -0.4 is 15.0 Å². The van der Waals surface area contributed by atoms with Crippen LogP contribution in [0.25, 0.3) is 10.9 Å². The van der Waals surface area contributed by atoms with Crippen molar-refractivity contribution in [2.75, 3.05) is 30.4 Å². The molecule has 1 aromatic heterocycles. The Labute approximate surface area is 142 Å². The molecule has 0 unspecified atom stereocenters. The molecule has 1 heterocycles. The van der Waals surface area contributed by atoms with E-state index in [9.17, 15) is 0 Å². The number of nitrogens with zero attached hydrogens (tertiary/aromatic N) is 3. The van der Waals surface area contributed by atoms with Gasteiger partial charge in [0.15, 0.2) is 0 Å². The highest BCUT2D eigenvalue weighted by Gasteiger charge is 2.12. The SMILES string of the molecule is CCN(CC)c1nc(Nc2cccc(OC)c2)nc2ccccc12. The second-order valence-electron chi connectivity index (χ2n) is 5.42. The fraction of sp³-hybridized carbons (Fsp3) is 0.263. The lowest BCUT2D eigenvalue weighted by molar-refractivity contribution is 0.415. The van der Waals surface area contributed by atoms with Gasteiger partial charge in [-0.25, -0.2) is 4.98 Å². The number of rotatable bonds is 6. The second kappa shape index (κ2) is 7.17. The zero-order valence-corrected chi connectivity index (χ0v) is 14.3. The molecule has 24 heavy (non-hydrogen) atoms. The number of aromatic nitrogens is 2. The highest BCUT2D eigenvalue weighted by atomic mass is 16.5. The third-order valence-corrected chi connectivity index (χ3v) is 3.97. The Balaban J connectivity index is 2.04. The molecule has 3 rings (SSSR count). The topological polar surface area (TPSA) is 50.3 Å². The molecule has 0 aliphatic rings. The molecule has 0 bridgehead atoms. The maximum absolute atomic E-state index is 5.27. The van der Waals surface area contributed by atoms with Crippen LogP contribution in [-0.2, 0) is 0 Å². The Morgan fingerprint density at radius 2 is 1.79 bits per heavy atom. The van der Waals surface area contributed by atoms with Gasteiger partial charge in [0.25, 0.3) is 0 Å². The summed E-state index contributed by atoms with van der Waals surface area (Å²) in [4.78, 5) is 11.6.